The highest BCUT2D eigenvalue weighted by atomic mass is 16.5. The molecule has 7 heteroatoms. The summed E-state index contributed by atoms with van der Waals surface area (Å²) in [4.78, 5) is 4.43. The van der Waals surface area contributed by atoms with E-state index in [2.05, 4.69) is 11.1 Å². The number of nitrogens with zero attached hydrogens (tertiary/aromatic N) is 2. The van der Waals surface area contributed by atoms with Crippen LogP contribution in [0.25, 0.3) is 22.5 Å². The van der Waals surface area contributed by atoms with Crippen molar-refractivity contribution in [3.05, 3.63) is 77.9 Å². The van der Waals surface area contributed by atoms with Gasteiger partial charge in [0.05, 0.1) is 20.3 Å². The molecular formula is C29H26N2O5. The first-order valence-electron chi connectivity index (χ1n) is 11.3. The highest BCUT2D eigenvalue weighted by molar-refractivity contribution is 5.91. The van der Waals surface area contributed by atoms with Crippen molar-refractivity contribution in [3.63, 3.8) is 0 Å². The second-order valence-corrected chi connectivity index (χ2v) is 8.20. The molecule has 0 unspecified atom stereocenters. The molecule has 3 aromatic carbocycles. The molecule has 0 saturated heterocycles. The molecule has 0 aliphatic heterocycles. The van der Waals surface area contributed by atoms with Gasteiger partial charge in [-0.05, 0) is 67.9 Å². The summed E-state index contributed by atoms with van der Waals surface area (Å²) in [5.41, 5.74) is 2.89. The van der Waals surface area contributed by atoms with Crippen LogP contribution in [0.2, 0.25) is 0 Å². The Balaban J connectivity index is 1.80. The Morgan fingerprint density at radius 2 is 1.47 bits per heavy atom. The quantitative estimate of drug-likeness (QED) is 0.279. The lowest BCUT2D eigenvalue weighted by Gasteiger charge is -2.10. The van der Waals surface area contributed by atoms with Crippen molar-refractivity contribution in [1.82, 2.24) is 0 Å². The minimum absolute atomic E-state index is 0.00715. The van der Waals surface area contributed by atoms with E-state index in [9.17, 15) is 10.4 Å². The zero-order valence-electron chi connectivity index (χ0n) is 20.5. The fraction of sp³-hybridized carbons (Fsp3) is 0.172. The number of nitriles is 1. The van der Waals surface area contributed by atoms with Crippen molar-refractivity contribution >= 4 is 12.1 Å². The van der Waals surface area contributed by atoms with Gasteiger partial charge in [-0.1, -0.05) is 12.1 Å². The van der Waals surface area contributed by atoms with E-state index < -0.39 is 0 Å². The predicted molar refractivity (Wildman–Crippen MR) is 139 cm³/mol. The Morgan fingerprint density at radius 1 is 0.889 bits per heavy atom. The molecule has 0 aliphatic carbocycles. The average molecular weight is 483 g/mol. The lowest BCUT2D eigenvalue weighted by atomic mass is 9.98. The third-order valence-corrected chi connectivity index (χ3v) is 5.43. The molecule has 0 aliphatic rings. The van der Waals surface area contributed by atoms with Gasteiger partial charge < -0.3 is 23.7 Å². The number of phenols is 1. The van der Waals surface area contributed by atoms with E-state index in [1.807, 2.05) is 62.4 Å². The van der Waals surface area contributed by atoms with Crippen molar-refractivity contribution in [2.75, 3.05) is 14.2 Å². The van der Waals surface area contributed by atoms with E-state index in [1.54, 1.807) is 26.4 Å². The van der Waals surface area contributed by atoms with Gasteiger partial charge in [0.15, 0.2) is 0 Å². The van der Waals surface area contributed by atoms with E-state index >= 15 is 0 Å². The highest BCUT2D eigenvalue weighted by Crippen LogP contribution is 2.43. The standard InChI is InChI=1S/C29H26N2O5/c1-18(2)35-24-14-9-21(26(32)15-24)17-31-29-25(16-30)27(19-5-10-22(33-3)11-6-19)28(36-29)20-7-12-23(34-4)13-8-20/h5-15,17-18,32H,1-4H3. The molecular weight excluding hydrogens is 456 g/mol. The van der Waals surface area contributed by atoms with Crippen LogP contribution in [-0.2, 0) is 0 Å². The van der Waals surface area contributed by atoms with Gasteiger partial charge in [-0.25, -0.2) is 4.99 Å². The topological polar surface area (TPSA) is 97.2 Å². The minimum atomic E-state index is -0.0158. The molecule has 0 radical (unpaired) electrons. The summed E-state index contributed by atoms with van der Waals surface area (Å²) in [5.74, 6) is 2.60. The molecule has 0 fully saturated rings. The first-order valence-corrected chi connectivity index (χ1v) is 11.3. The summed E-state index contributed by atoms with van der Waals surface area (Å²) in [6, 6.07) is 22.0. The van der Waals surface area contributed by atoms with Gasteiger partial charge in [0, 0.05) is 29.0 Å². The molecule has 4 aromatic rings. The second-order valence-electron chi connectivity index (χ2n) is 8.20. The second kappa shape index (κ2) is 10.7. The monoisotopic (exact) mass is 482 g/mol. The number of hydrogen-bond donors (Lipinski definition) is 1. The van der Waals surface area contributed by atoms with Crippen LogP contribution in [-0.4, -0.2) is 31.6 Å². The van der Waals surface area contributed by atoms with Gasteiger partial charge >= 0.3 is 0 Å². The number of furan rings is 1. The molecule has 1 N–H and O–H groups in total. The van der Waals surface area contributed by atoms with E-state index in [1.165, 1.54) is 12.3 Å². The highest BCUT2D eigenvalue weighted by Gasteiger charge is 2.23. The maximum absolute atomic E-state index is 10.4. The minimum Gasteiger partial charge on any atom is -0.507 e. The number of benzene rings is 3. The summed E-state index contributed by atoms with van der Waals surface area (Å²) >= 11 is 0. The Kier molecular flexibility index (Phi) is 7.26. The fourth-order valence-electron chi connectivity index (χ4n) is 3.70. The van der Waals surface area contributed by atoms with Crippen molar-refractivity contribution in [3.8, 4) is 51.5 Å². The number of rotatable bonds is 8. The Labute approximate surface area is 209 Å². The van der Waals surface area contributed by atoms with Crippen molar-refractivity contribution < 1.29 is 23.7 Å². The van der Waals surface area contributed by atoms with Crippen LogP contribution in [0, 0.1) is 11.3 Å². The Hall–Kier alpha value is -4.70. The Bertz CT molecular complexity index is 1410. The van der Waals surface area contributed by atoms with Gasteiger partial charge in [0.25, 0.3) is 0 Å². The summed E-state index contributed by atoms with van der Waals surface area (Å²) < 4.78 is 22.3. The number of aromatic hydroxyl groups is 1. The van der Waals surface area contributed by atoms with Gasteiger partial charge in [0.1, 0.15) is 40.4 Å². The molecule has 182 valence electrons. The number of methoxy groups -OCH3 is 2. The number of phenolic OH excluding ortho intramolecular Hbond substituents is 1. The zero-order chi connectivity index (χ0) is 25.7. The van der Waals surface area contributed by atoms with Crippen LogP contribution in [0.15, 0.2) is 76.1 Å². The number of hydrogen-bond acceptors (Lipinski definition) is 7. The summed E-state index contributed by atoms with van der Waals surface area (Å²) in [7, 11) is 3.20. The van der Waals surface area contributed by atoms with Crippen LogP contribution in [0.1, 0.15) is 25.0 Å². The van der Waals surface area contributed by atoms with Gasteiger partial charge in [-0.3, -0.25) is 0 Å². The van der Waals surface area contributed by atoms with Crippen LogP contribution in [0.5, 0.6) is 23.0 Å². The molecule has 0 atom stereocenters. The molecule has 0 spiro atoms. The number of aliphatic imine (C=N–C) groups is 1. The third-order valence-electron chi connectivity index (χ3n) is 5.43. The summed E-state index contributed by atoms with van der Waals surface area (Å²) in [6.45, 7) is 3.82. The molecule has 7 nitrogen and oxygen atoms in total. The smallest absolute Gasteiger partial charge is 0.238 e. The van der Waals surface area contributed by atoms with Crippen molar-refractivity contribution in [1.29, 1.82) is 5.26 Å². The van der Waals surface area contributed by atoms with Crippen LogP contribution >= 0.6 is 0 Å². The van der Waals surface area contributed by atoms with E-state index in [4.69, 9.17) is 18.6 Å². The molecule has 4 rings (SSSR count). The molecule has 36 heavy (non-hydrogen) atoms. The van der Waals surface area contributed by atoms with E-state index in [0.717, 1.165) is 11.1 Å². The maximum Gasteiger partial charge on any atom is 0.238 e. The SMILES string of the molecule is COc1ccc(-c2oc(N=Cc3ccc(OC(C)C)cc3O)c(C#N)c2-c2ccc(OC)cc2)cc1. The average Bonchev–Trinajstić information content (AvgIpc) is 3.26. The largest absolute Gasteiger partial charge is 0.507 e. The van der Waals surface area contributed by atoms with E-state index in [-0.39, 0.29) is 23.3 Å². The maximum atomic E-state index is 10.4. The molecule has 0 amide bonds. The molecule has 0 saturated carbocycles. The van der Waals surface area contributed by atoms with Gasteiger partial charge in [-0.15, -0.1) is 0 Å². The van der Waals surface area contributed by atoms with Crippen LogP contribution < -0.4 is 14.2 Å². The molecule has 1 heterocycles. The van der Waals surface area contributed by atoms with Crippen molar-refractivity contribution in [2.24, 2.45) is 4.99 Å². The van der Waals surface area contributed by atoms with Gasteiger partial charge in [-0.2, -0.15) is 5.26 Å². The van der Waals surface area contributed by atoms with Gasteiger partial charge in [0.2, 0.25) is 5.88 Å². The first-order chi connectivity index (χ1) is 17.4. The van der Waals surface area contributed by atoms with Crippen LogP contribution in [0.3, 0.4) is 0 Å². The van der Waals surface area contributed by atoms with Crippen LogP contribution in [0.4, 0.5) is 5.88 Å². The number of ether oxygens (including phenoxy) is 3. The predicted octanol–water partition coefficient (Wildman–Crippen LogP) is 6.75. The van der Waals surface area contributed by atoms with E-state index in [0.29, 0.717) is 34.1 Å². The van der Waals surface area contributed by atoms with Crippen molar-refractivity contribution in [2.45, 2.75) is 20.0 Å². The summed E-state index contributed by atoms with van der Waals surface area (Å²) in [6.07, 6.45) is 1.45. The summed E-state index contributed by atoms with van der Waals surface area (Å²) in [5, 5.41) is 20.5. The lowest BCUT2D eigenvalue weighted by molar-refractivity contribution is 0.241. The molecule has 0 bridgehead atoms. The first kappa shape index (κ1) is 24.4. The normalized spacial score (nSPS) is 11.0. The molecule has 1 aromatic heterocycles. The lowest BCUT2D eigenvalue weighted by Crippen LogP contribution is -2.05. The zero-order valence-corrected chi connectivity index (χ0v) is 20.5. The fourth-order valence-corrected chi connectivity index (χ4v) is 3.70. The Morgan fingerprint density at radius 3 is 2.00 bits per heavy atom. The third kappa shape index (κ3) is 5.18.